The number of aliphatic carboxylic acids is 1. The zero-order chi connectivity index (χ0) is 14.4. The molecular weight excluding hydrogens is 250 g/mol. The van der Waals surface area contributed by atoms with Crippen LogP contribution < -0.4 is 5.32 Å². The summed E-state index contributed by atoms with van der Waals surface area (Å²) >= 11 is 0. The minimum absolute atomic E-state index is 0.217. The molecule has 0 saturated carbocycles. The van der Waals surface area contributed by atoms with Crippen LogP contribution in [-0.2, 0) is 11.3 Å². The van der Waals surface area contributed by atoms with Crippen LogP contribution in [0.15, 0.2) is 0 Å². The van der Waals surface area contributed by atoms with Crippen molar-refractivity contribution in [2.45, 2.75) is 39.3 Å². The Kier molecular flexibility index (Phi) is 5.28. The molecule has 0 radical (unpaired) electrons. The van der Waals surface area contributed by atoms with Gasteiger partial charge in [-0.05, 0) is 13.3 Å². The Morgan fingerprint density at radius 1 is 1.53 bits per heavy atom. The molecule has 1 atom stereocenters. The van der Waals surface area contributed by atoms with E-state index >= 15 is 0 Å². The predicted octanol–water partition coefficient (Wildman–Crippen LogP) is 0.508. The molecule has 1 aromatic heterocycles. The fraction of sp³-hybridized carbons (Fsp3) is 0.636. The Hall–Kier alpha value is -2.12. The van der Waals surface area contributed by atoms with E-state index < -0.39 is 18.0 Å². The second kappa shape index (κ2) is 6.72. The first-order chi connectivity index (χ1) is 8.93. The number of carboxylic acids is 1. The standard InChI is InChI=1S/C11H19N5O3/c1-4-5-8(10(17)18)13-11(19)16(3)6-9-12-7(2)14-15-9/h8H,4-6H2,1-3H3,(H,13,19)(H,17,18)(H,12,14,15)/t8-/m0/s1. The summed E-state index contributed by atoms with van der Waals surface area (Å²) in [6.45, 7) is 3.84. The van der Waals surface area contributed by atoms with Crippen LogP contribution in [0.4, 0.5) is 4.79 Å². The van der Waals surface area contributed by atoms with Gasteiger partial charge in [-0.15, -0.1) is 0 Å². The maximum Gasteiger partial charge on any atom is 0.326 e. The van der Waals surface area contributed by atoms with Crippen molar-refractivity contribution in [3.8, 4) is 0 Å². The molecule has 2 amide bonds. The number of carbonyl (C=O) groups is 2. The molecule has 0 spiro atoms. The summed E-state index contributed by atoms with van der Waals surface area (Å²) in [6, 6.07) is -1.32. The zero-order valence-electron chi connectivity index (χ0n) is 11.3. The molecule has 106 valence electrons. The minimum Gasteiger partial charge on any atom is -0.480 e. The summed E-state index contributed by atoms with van der Waals surface area (Å²) in [5, 5.41) is 18.0. The Balaban J connectivity index is 2.54. The largest absolute Gasteiger partial charge is 0.480 e. The first kappa shape index (κ1) is 14.9. The molecule has 19 heavy (non-hydrogen) atoms. The van der Waals surface area contributed by atoms with Gasteiger partial charge < -0.3 is 15.3 Å². The number of aromatic amines is 1. The number of nitrogens with one attached hydrogen (secondary N) is 2. The SMILES string of the molecule is CCC[C@H](NC(=O)N(C)Cc1n[nH]c(C)n1)C(=O)O. The van der Waals surface area contributed by atoms with Crippen molar-refractivity contribution < 1.29 is 14.7 Å². The fourth-order valence-electron chi connectivity index (χ4n) is 1.55. The first-order valence-corrected chi connectivity index (χ1v) is 6.06. The summed E-state index contributed by atoms with van der Waals surface area (Å²) in [6.07, 6.45) is 1.08. The summed E-state index contributed by atoms with van der Waals surface area (Å²) in [7, 11) is 1.56. The van der Waals surface area contributed by atoms with Crippen LogP contribution in [0.5, 0.6) is 0 Å². The Bertz CT molecular complexity index is 445. The topological polar surface area (TPSA) is 111 Å². The van der Waals surface area contributed by atoms with E-state index in [1.54, 1.807) is 14.0 Å². The van der Waals surface area contributed by atoms with Gasteiger partial charge in [-0.1, -0.05) is 13.3 Å². The van der Waals surface area contributed by atoms with E-state index in [4.69, 9.17) is 5.11 Å². The third kappa shape index (κ3) is 4.57. The number of urea groups is 1. The Morgan fingerprint density at radius 3 is 2.68 bits per heavy atom. The number of hydrogen-bond donors (Lipinski definition) is 3. The number of amides is 2. The second-order valence-corrected chi connectivity index (χ2v) is 4.32. The highest BCUT2D eigenvalue weighted by molar-refractivity contribution is 5.82. The van der Waals surface area contributed by atoms with Gasteiger partial charge in [-0.2, -0.15) is 5.10 Å². The van der Waals surface area contributed by atoms with Gasteiger partial charge in [-0.3, -0.25) is 5.10 Å². The quantitative estimate of drug-likeness (QED) is 0.696. The molecule has 8 nitrogen and oxygen atoms in total. The molecule has 0 saturated heterocycles. The number of hydrogen-bond acceptors (Lipinski definition) is 4. The molecule has 0 aromatic carbocycles. The summed E-state index contributed by atoms with van der Waals surface area (Å²) in [4.78, 5) is 28.2. The number of aryl methyl sites for hydroxylation is 1. The molecular formula is C11H19N5O3. The number of aromatic nitrogens is 3. The highest BCUT2D eigenvalue weighted by Crippen LogP contribution is 2.01. The van der Waals surface area contributed by atoms with E-state index in [0.717, 1.165) is 0 Å². The van der Waals surface area contributed by atoms with Gasteiger partial charge in [0.05, 0.1) is 6.54 Å². The molecule has 0 aliphatic rings. The van der Waals surface area contributed by atoms with Crippen LogP contribution >= 0.6 is 0 Å². The van der Waals surface area contributed by atoms with Gasteiger partial charge in [0, 0.05) is 7.05 Å². The second-order valence-electron chi connectivity index (χ2n) is 4.32. The van der Waals surface area contributed by atoms with Crippen molar-refractivity contribution in [1.29, 1.82) is 0 Å². The van der Waals surface area contributed by atoms with Crippen LogP contribution in [0.2, 0.25) is 0 Å². The average Bonchev–Trinajstić information content (AvgIpc) is 2.73. The van der Waals surface area contributed by atoms with Crippen LogP contribution in [0.1, 0.15) is 31.4 Å². The normalized spacial score (nSPS) is 11.9. The summed E-state index contributed by atoms with van der Waals surface area (Å²) in [5.74, 6) is 0.119. The van der Waals surface area contributed by atoms with E-state index in [-0.39, 0.29) is 6.54 Å². The zero-order valence-corrected chi connectivity index (χ0v) is 11.3. The van der Waals surface area contributed by atoms with Gasteiger partial charge >= 0.3 is 12.0 Å². The number of nitrogens with zero attached hydrogens (tertiary/aromatic N) is 3. The van der Waals surface area contributed by atoms with Gasteiger partial charge in [0.25, 0.3) is 0 Å². The predicted molar refractivity (Wildman–Crippen MR) is 67.5 cm³/mol. The van der Waals surface area contributed by atoms with Crippen molar-refractivity contribution in [2.24, 2.45) is 0 Å². The number of rotatable bonds is 6. The molecule has 0 fully saturated rings. The average molecular weight is 269 g/mol. The lowest BCUT2D eigenvalue weighted by Crippen LogP contribution is -2.46. The van der Waals surface area contributed by atoms with Crippen molar-refractivity contribution >= 4 is 12.0 Å². The highest BCUT2D eigenvalue weighted by atomic mass is 16.4. The van der Waals surface area contributed by atoms with Crippen LogP contribution in [0.25, 0.3) is 0 Å². The van der Waals surface area contributed by atoms with E-state index in [9.17, 15) is 9.59 Å². The number of H-pyrrole nitrogens is 1. The van der Waals surface area contributed by atoms with Crippen LogP contribution in [0.3, 0.4) is 0 Å². The molecule has 0 aliphatic carbocycles. The van der Waals surface area contributed by atoms with E-state index in [2.05, 4.69) is 20.5 Å². The van der Waals surface area contributed by atoms with Crippen molar-refractivity contribution in [2.75, 3.05) is 7.05 Å². The van der Waals surface area contributed by atoms with Gasteiger partial charge in [0.1, 0.15) is 11.9 Å². The molecule has 1 aromatic rings. The van der Waals surface area contributed by atoms with Gasteiger partial charge in [0.15, 0.2) is 5.82 Å². The third-order valence-electron chi connectivity index (χ3n) is 2.54. The maximum atomic E-state index is 11.8. The van der Waals surface area contributed by atoms with Crippen molar-refractivity contribution in [3.63, 3.8) is 0 Å². The third-order valence-corrected chi connectivity index (χ3v) is 2.54. The Labute approximate surface area is 111 Å². The van der Waals surface area contributed by atoms with E-state index in [0.29, 0.717) is 24.5 Å². The monoisotopic (exact) mass is 269 g/mol. The molecule has 3 N–H and O–H groups in total. The number of carbonyl (C=O) groups excluding carboxylic acids is 1. The first-order valence-electron chi connectivity index (χ1n) is 6.06. The molecule has 8 heteroatoms. The maximum absolute atomic E-state index is 11.8. The lowest BCUT2D eigenvalue weighted by atomic mass is 10.2. The molecule has 1 rings (SSSR count). The molecule has 0 unspecified atom stereocenters. The summed E-state index contributed by atoms with van der Waals surface area (Å²) < 4.78 is 0. The molecule has 0 bridgehead atoms. The molecule has 1 heterocycles. The van der Waals surface area contributed by atoms with Crippen LogP contribution in [-0.4, -0.2) is 50.3 Å². The lowest BCUT2D eigenvalue weighted by Gasteiger charge is -2.20. The van der Waals surface area contributed by atoms with E-state index in [1.165, 1.54) is 4.90 Å². The minimum atomic E-state index is -1.03. The van der Waals surface area contributed by atoms with Crippen LogP contribution in [0, 0.1) is 6.92 Å². The molecule has 0 aliphatic heterocycles. The van der Waals surface area contributed by atoms with E-state index in [1.807, 2.05) is 6.92 Å². The van der Waals surface area contributed by atoms with Gasteiger partial charge in [0.2, 0.25) is 0 Å². The highest BCUT2D eigenvalue weighted by Gasteiger charge is 2.21. The van der Waals surface area contributed by atoms with Crippen molar-refractivity contribution in [3.05, 3.63) is 11.6 Å². The summed E-state index contributed by atoms with van der Waals surface area (Å²) in [5.41, 5.74) is 0. The number of carboxylic acid groups (broad SMARTS) is 1. The van der Waals surface area contributed by atoms with Crippen molar-refractivity contribution in [1.82, 2.24) is 25.4 Å². The fourth-order valence-corrected chi connectivity index (χ4v) is 1.55. The smallest absolute Gasteiger partial charge is 0.326 e. The van der Waals surface area contributed by atoms with Gasteiger partial charge in [-0.25, -0.2) is 14.6 Å². The Morgan fingerprint density at radius 2 is 2.21 bits per heavy atom. The lowest BCUT2D eigenvalue weighted by molar-refractivity contribution is -0.139.